The Labute approximate surface area is 107 Å². The number of fused-ring (bicyclic) bond motifs is 1. The zero-order valence-corrected chi connectivity index (χ0v) is 9.88. The number of aliphatic hydroxyl groups is 3. The quantitative estimate of drug-likeness (QED) is 0.404. The minimum Gasteiger partial charge on any atom is -0.395 e. The molecule has 0 aliphatic carbocycles. The molecule has 19 heavy (non-hydrogen) atoms. The Hall–Kier alpha value is -1.81. The highest BCUT2D eigenvalue weighted by Gasteiger charge is 2.42. The summed E-state index contributed by atoms with van der Waals surface area (Å²) in [6.07, 6.45) is -0.0101. The molecule has 3 rings (SSSR count). The number of imidazole rings is 1. The largest absolute Gasteiger partial charge is 0.395 e. The number of nitrogen functional groups attached to an aromatic ring is 1. The normalized spacial score (nSPS) is 31.1. The van der Waals surface area contributed by atoms with E-state index < -0.39 is 24.4 Å². The molecule has 9 heteroatoms. The molecule has 1 aliphatic heterocycles. The number of nitrogens with two attached hydrogens (primary N) is 1. The Morgan fingerprint density at radius 2 is 2.05 bits per heavy atom. The van der Waals surface area contributed by atoms with Crippen LogP contribution in [0, 0.1) is 0 Å². The number of aliphatic hydroxyl groups excluding tert-OH is 3. The van der Waals surface area contributed by atoms with Crippen LogP contribution in [0.15, 0.2) is 12.7 Å². The van der Waals surface area contributed by atoms with Gasteiger partial charge in [-0.05, 0) is 0 Å². The van der Waals surface area contributed by atoms with E-state index in [-0.39, 0.29) is 12.4 Å². The summed E-state index contributed by atoms with van der Waals surface area (Å²) in [5, 5.41) is 31.9. The Bertz CT molecular complexity index is 602. The maximum Gasteiger partial charge on any atom is 0.166 e. The molecule has 0 saturated carbocycles. The molecule has 2 aromatic rings. The van der Waals surface area contributed by atoms with E-state index in [4.69, 9.17) is 10.8 Å². The summed E-state index contributed by atoms with van der Waals surface area (Å²) in [6, 6.07) is -0.600. The molecule has 0 unspecified atom stereocenters. The Kier molecular flexibility index (Phi) is 2.82. The lowest BCUT2D eigenvalue weighted by Crippen LogP contribution is -2.36. The van der Waals surface area contributed by atoms with E-state index in [9.17, 15) is 10.2 Å². The van der Waals surface area contributed by atoms with Crippen molar-refractivity contribution in [1.29, 1.82) is 0 Å². The number of anilines is 1. The number of aromatic nitrogens is 4. The van der Waals surface area contributed by atoms with E-state index in [0.29, 0.717) is 11.2 Å². The molecular weight excluding hydrogens is 252 g/mol. The molecule has 0 amide bonds. The van der Waals surface area contributed by atoms with Crippen molar-refractivity contribution in [3.8, 4) is 0 Å². The summed E-state index contributed by atoms with van der Waals surface area (Å²) < 4.78 is 1.57. The summed E-state index contributed by atoms with van der Waals surface area (Å²) in [5.74, 6) is 0.246. The van der Waals surface area contributed by atoms with Crippen LogP contribution in [0.2, 0.25) is 0 Å². The number of hydrogen-bond acceptors (Lipinski definition) is 8. The van der Waals surface area contributed by atoms with E-state index in [0.717, 1.165) is 0 Å². The number of rotatable bonds is 2. The fourth-order valence-electron chi connectivity index (χ4n) is 2.32. The van der Waals surface area contributed by atoms with Crippen LogP contribution in [0.5, 0.6) is 0 Å². The van der Waals surface area contributed by atoms with Crippen LogP contribution in [-0.4, -0.2) is 59.7 Å². The molecule has 1 aliphatic rings. The van der Waals surface area contributed by atoms with Gasteiger partial charge in [0, 0.05) is 0 Å². The molecule has 0 spiro atoms. The van der Waals surface area contributed by atoms with E-state index in [1.807, 2.05) is 0 Å². The number of hydrogen-bond donors (Lipinski definition) is 5. The first kappa shape index (κ1) is 12.2. The van der Waals surface area contributed by atoms with E-state index in [2.05, 4.69) is 20.3 Å². The van der Waals surface area contributed by atoms with Crippen LogP contribution in [0.3, 0.4) is 0 Å². The molecule has 1 saturated heterocycles. The van der Waals surface area contributed by atoms with Gasteiger partial charge < -0.3 is 21.1 Å². The lowest BCUT2D eigenvalue weighted by atomic mass is 10.1. The third-order valence-electron chi connectivity index (χ3n) is 3.35. The summed E-state index contributed by atoms with van der Waals surface area (Å²) in [5.41, 5.74) is 6.57. The first-order valence-corrected chi connectivity index (χ1v) is 5.79. The van der Waals surface area contributed by atoms with Crippen molar-refractivity contribution in [2.75, 3.05) is 12.3 Å². The standard InChI is InChI=1S/C10H14N6O3/c11-8-5-9(13-2-12-8)16(3-14-5)10-7(19)6(18)4(1-17)15-10/h2-4,6-7,10,15,17-19H,1H2,(H2,11,12,13)/t4-,6-,7-,10+/m1/s1. The third kappa shape index (κ3) is 1.75. The highest BCUT2D eigenvalue weighted by Crippen LogP contribution is 2.26. The van der Waals surface area contributed by atoms with E-state index >= 15 is 0 Å². The molecule has 9 nitrogen and oxygen atoms in total. The average Bonchev–Trinajstić information content (AvgIpc) is 2.94. The van der Waals surface area contributed by atoms with Crippen molar-refractivity contribution in [2.45, 2.75) is 24.4 Å². The van der Waals surface area contributed by atoms with Crippen LogP contribution >= 0.6 is 0 Å². The third-order valence-corrected chi connectivity index (χ3v) is 3.35. The lowest BCUT2D eigenvalue weighted by Gasteiger charge is -2.17. The molecule has 2 aromatic heterocycles. The minimum absolute atomic E-state index is 0.246. The summed E-state index contributed by atoms with van der Waals surface area (Å²) in [4.78, 5) is 12.0. The van der Waals surface area contributed by atoms with Crippen LogP contribution < -0.4 is 11.1 Å². The van der Waals surface area contributed by atoms with Gasteiger partial charge in [-0.15, -0.1) is 0 Å². The van der Waals surface area contributed by atoms with Gasteiger partial charge in [0.15, 0.2) is 11.5 Å². The van der Waals surface area contributed by atoms with Gasteiger partial charge in [-0.2, -0.15) is 0 Å². The van der Waals surface area contributed by atoms with Crippen molar-refractivity contribution < 1.29 is 15.3 Å². The van der Waals surface area contributed by atoms with Crippen molar-refractivity contribution in [2.24, 2.45) is 0 Å². The fraction of sp³-hybridized carbons (Fsp3) is 0.500. The Morgan fingerprint density at radius 1 is 1.26 bits per heavy atom. The van der Waals surface area contributed by atoms with Gasteiger partial charge in [0.2, 0.25) is 0 Å². The molecule has 4 atom stereocenters. The zero-order valence-electron chi connectivity index (χ0n) is 9.88. The van der Waals surface area contributed by atoms with Crippen LogP contribution in [-0.2, 0) is 0 Å². The van der Waals surface area contributed by atoms with Crippen LogP contribution in [0.25, 0.3) is 11.2 Å². The average molecular weight is 266 g/mol. The van der Waals surface area contributed by atoms with Crippen molar-refractivity contribution in [1.82, 2.24) is 24.8 Å². The lowest BCUT2D eigenvalue weighted by molar-refractivity contribution is 0.0112. The molecule has 6 N–H and O–H groups in total. The van der Waals surface area contributed by atoms with Crippen molar-refractivity contribution in [3.05, 3.63) is 12.7 Å². The second kappa shape index (κ2) is 4.38. The van der Waals surface area contributed by atoms with Gasteiger partial charge in [-0.1, -0.05) is 0 Å². The first-order valence-electron chi connectivity index (χ1n) is 5.79. The van der Waals surface area contributed by atoms with Gasteiger partial charge in [0.05, 0.1) is 19.0 Å². The van der Waals surface area contributed by atoms with Crippen LogP contribution in [0.4, 0.5) is 5.82 Å². The van der Waals surface area contributed by atoms with E-state index in [1.54, 1.807) is 4.57 Å². The first-order chi connectivity index (χ1) is 9.13. The molecule has 0 bridgehead atoms. The van der Waals surface area contributed by atoms with E-state index in [1.165, 1.54) is 12.7 Å². The van der Waals surface area contributed by atoms with Gasteiger partial charge in [0.1, 0.15) is 30.2 Å². The second-order valence-electron chi connectivity index (χ2n) is 4.46. The summed E-state index contributed by atoms with van der Waals surface area (Å²) >= 11 is 0. The highest BCUT2D eigenvalue weighted by atomic mass is 16.3. The molecular formula is C10H14N6O3. The topological polar surface area (TPSA) is 142 Å². The summed E-state index contributed by atoms with van der Waals surface area (Å²) in [6.45, 7) is -0.279. The second-order valence-corrected chi connectivity index (χ2v) is 4.46. The maximum absolute atomic E-state index is 10.0. The Balaban J connectivity index is 2.04. The number of nitrogens with zero attached hydrogens (tertiary/aromatic N) is 4. The molecule has 1 fully saturated rings. The van der Waals surface area contributed by atoms with Crippen LogP contribution in [0.1, 0.15) is 6.17 Å². The highest BCUT2D eigenvalue weighted by molar-refractivity contribution is 5.81. The van der Waals surface area contributed by atoms with Gasteiger partial charge in [0.25, 0.3) is 0 Å². The zero-order chi connectivity index (χ0) is 13.6. The molecule has 0 aromatic carbocycles. The fourth-order valence-corrected chi connectivity index (χ4v) is 2.32. The smallest absolute Gasteiger partial charge is 0.166 e. The summed E-state index contributed by atoms with van der Waals surface area (Å²) in [7, 11) is 0. The molecule has 0 radical (unpaired) electrons. The SMILES string of the molecule is Nc1ncnc2c1ncn2[C@@H]1N[C@H](CO)[C@@H](O)[C@H]1O. The minimum atomic E-state index is -1.08. The van der Waals surface area contributed by atoms with Crippen molar-refractivity contribution in [3.63, 3.8) is 0 Å². The molecule has 3 heterocycles. The van der Waals surface area contributed by atoms with Gasteiger partial charge in [-0.25, -0.2) is 15.0 Å². The van der Waals surface area contributed by atoms with Gasteiger partial charge >= 0.3 is 0 Å². The maximum atomic E-state index is 10.0. The predicted octanol–water partition coefficient (Wildman–Crippen LogP) is -2.41. The van der Waals surface area contributed by atoms with Gasteiger partial charge in [-0.3, -0.25) is 9.88 Å². The predicted molar refractivity (Wildman–Crippen MR) is 64.8 cm³/mol. The molecule has 102 valence electrons. The Morgan fingerprint density at radius 3 is 2.74 bits per heavy atom. The monoisotopic (exact) mass is 266 g/mol. The van der Waals surface area contributed by atoms with Crippen molar-refractivity contribution >= 4 is 17.0 Å². The number of nitrogens with one attached hydrogen (secondary N) is 1.